The molecule has 0 saturated carbocycles. The van der Waals surface area contributed by atoms with E-state index in [1.807, 2.05) is 36.7 Å². The van der Waals surface area contributed by atoms with Crippen molar-refractivity contribution in [3.63, 3.8) is 0 Å². The Kier molecular flexibility index (Phi) is 5.39. The van der Waals surface area contributed by atoms with Crippen LogP contribution < -0.4 is 15.0 Å². The molecular formula is C21H24N8O. The summed E-state index contributed by atoms with van der Waals surface area (Å²) in [6.07, 6.45) is 5.47. The third kappa shape index (κ3) is 3.72. The summed E-state index contributed by atoms with van der Waals surface area (Å²) in [5, 5.41) is 13.6. The van der Waals surface area contributed by atoms with E-state index in [-0.39, 0.29) is 6.04 Å². The lowest BCUT2D eigenvalue weighted by atomic mass is 10.1. The van der Waals surface area contributed by atoms with Gasteiger partial charge in [0.15, 0.2) is 0 Å². The maximum atomic E-state index is 9.23. The quantitative estimate of drug-likeness (QED) is 0.393. The van der Waals surface area contributed by atoms with Crippen LogP contribution in [0, 0.1) is 18.4 Å². The van der Waals surface area contributed by atoms with Crippen molar-refractivity contribution >= 4 is 28.5 Å². The first kappa shape index (κ1) is 19.5. The van der Waals surface area contributed by atoms with Crippen molar-refractivity contribution < 1.29 is 4.74 Å². The molecule has 3 aromatic rings. The molecule has 0 amide bonds. The highest BCUT2D eigenvalue weighted by Gasteiger charge is 2.28. The number of H-pyrrole nitrogens is 1. The smallest absolute Gasteiger partial charge is 0.214 e. The van der Waals surface area contributed by atoms with Gasteiger partial charge in [-0.3, -0.25) is 0 Å². The molecule has 0 bridgehead atoms. The van der Waals surface area contributed by atoms with E-state index < -0.39 is 0 Å². The van der Waals surface area contributed by atoms with Gasteiger partial charge in [0.25, 0.3) is 0 Å². The standard InChI is InChI=1S/C21H24N8O/c1-14-10-23-19-18(14)20(26-13-25-19)28-7-8-29(15(2)11-28)21(24-12-22)27-16-5-4-6-17(9-16)30-3/h4-6,9-10,13,15H,7-8,11H2,1-3H3,(H,24,27)(H,23,25,26). The van der Waals surface area contributed by atoms with Crippen LogP contribution in [0.5, 0.6) is 5.75 Å². The number of nitrogens with zero attached hydrogens (tertiary/aromatic N) is 6. The largest absolute Gasteiger partial charge is 0.497 e. The molecule has 2 N–H and O–H groups in total. The summed E-state index contributed by atoms with van der Waals surface area (Å²) in [7, 11) is 1.63. The summed E-state index contributed by atoms with van der Waals surface area (Å²) in [4.78, 5) is 20.5. The first-order valence-corrected chi connectivity index (χ1v) is 9.79. The van der Waals surface area contributed by atoms with Gasteiger partial charge in [-0.05, 0) is 31.5 Å². The van der Waals surface area contributed by atoms with Gasteiger partial charge in [-0.25, -0.2) is 9.97 Å². The number of fused-ring (bicyclic) bond motifs is 1. The number of rotatable bonds is 3. The third-order valence-corrected chi connectivity index (χ3v) is 5.33. The first-order chi connectivity index (χ1) is 14.6. The fourth-order valence-corrected chi connectivity index (χ4v) is 3.84. The molecule has 1 aliphatic rings. The summed E-state index contributed by atoms with van der Waals surface area (Å²) < 4.78 is 5.28. The van der Waals surface area contributed by atoms with Gasteiger partial charge in [-0.15, -0.1) is 4.99 Å². The Morgan fingerprint density at radius 1 is 1.37 bits per heavy atom. The van der Waals surface area contributed by atoms with Crippen molar-refractivity contribution in [2.24, 2.45) is 4.99 Å². The van der Waals surface area contributed by atoms with Crippen LogP contribution in [0.15, 0.2) is 41.8 Å². The summed E-state index contributed by atoms with van der Waals surface area (Å²) in [5.74, 6) is 2.21. The highest BCUT2D eigenvalue weighted by Crippen LogP contribution is 2.28. The Hall–Kier alpha value is -3.80. The molecule has 1 atom stereocenters. The number of nitriles is 1. The summed E-state index contributed by atoms with van der Waals surface area (Å²) >= 11 is 0. The molecule has 2 aromatic heterocycles. The van der Waals surface area contributed by atoms with E-state index in [9.17, 15) is 5.26 Å². The fraction of sp³-hybridized carbons (Fsp3) is 0.333. The minimum Gasteiger partial charge on any atom is -0.497 e. The van der Waals surface area contributed by atoms with Crippen LogP contribution in [-0.4, -0.2) is 58.6 Å². The second-order valence-electron chi connectivity index (χ2n) is 7.27. The normalized spacial score (nSPS) is 17.1. The molecule has 154 valence electrons. The van der Waals surface area contributed by atoms with Crippen molar-refractivity contribution in [1.29, 1.82) is 5.26 Å². The Bertz CT molecular complexity index is 1120. The van der Waals surface area contributed by atoms with E-state index >= 15 is 0 Å². The van der Waals surface area contributed by atoms with Crippen LogP contribution in [0.2, 0.25) is 0 Å². The van der Waals surface area contributed by atoms with E-state index in [0.717, 1.165) is 46.9 Å². The average Bonchev–Trinajstić information content (AvgIpc) is 3.15. The molecule has 9 nitrogen and oxygen atoms in total. The number of hydrogen-bond donors (Lipinski definition) is 2. The monoisotopic (exact) mass is 404 g/mol. The van der Waals surface area contributed by atoms with Crippen LogP contribution in [-0.2, 0) is 0 Å². The number of piperazine rings is 1. The summed E-state index contributed by atoms with van der Waals surface area (Å²) in [6.45, 7) is 6.38. The van der Waals surface area contributed by atoms with Gasteiger partial charge in [-0.1, -0.05) is 6.07 Å². The van der Waals surface area contributed by atoms with E-state index in [2.05, 4.69) is 48.9 Å². The number of anilines is 2. The number of nitrogens with one attached hydrogen (secondary N) is 2. The molecule has 0 radical (unpaired) electrons. The van der Waals surface area contributed by atoms with Crippen LogP contribution >= 0.6 is 0 Å². The van der Waals surface area contributed by atoms with E-state index in [1.54, 1.807) is 13.4 Å². The predicted octanol–water partition coefficient (Wildman–Crippen LogP) is 2.73. The topological polar surface area (TPSA) is 105 Å². The number of hydrogen-bond acceptors (Lipinski definition) is 6. The first-order valence-electron chi connectivity index (χ1n) is 9.79. The van der Waals surface area contributed by atoms with Crippen LogP contribution in [0.4, 0.5) is 11.5 Å². The molecule has 3 heterocycles. The SMILES string of the molecule is COc1cccc(N/C(=N\C#N)N2CCN(c3ncnc4[nH]cc(C)c34)CC2C)c1. The van der Waals surface area contributed by atoms with Gasteiger partial charge in [-0.2, -0.15) is 5.26 Å². The number of benzene rings is 1. The molecule has 1 unspecified atom stereocenters. The van der Waals surface area contributed by atoms with Gasteiger partial charge in [0.05, 0.1) is 12.5 Å². The lowest BCUT2D eigenvalue weighted by molar-refractivity contribution is 0.297. The molecule has 1 aliphatic heterocycles. The molecular weight excluding hydrogens is 380 g/mol. The van der Waals surface area contributed by atoms with E-state index in [4.69, 9.17) is 4.74 Å². The van der Waals surface area contributed by atoms with Crippen molar-refractivity contribution in [3.8, 4) is 11.9 Å². The second-order valence-corrected chi connectivity index (χ2v) is 7.27. The molecule has 1 aromatic carbocycles. The molecule has 9 heteroatoms. The number of aromatic amines is 1. The van der Waals surface area contributed by atoms with Gasteiger partial charge >= 0.3 is 0 Å². The van der Waals surface area contributed by atoms with Crippen molar-refractivity contribution in [1.82, 2.24) is 19.9 Å². The molecule has 0 aliphatic carbocycles. The molecule has 4 rings (SSSR count). The number of guanidine groups is 1. The highest BCUT2D eigenvalue weighted by atomic mass is 16.5. The molecule has 1 fully saturated rings. The molecule has 0 spiro atoms. The highest BCUT2D eigenvalue weighted by molar-refractivity contribution is 5.95. The predicted molar refractivity (Wildman–Crippen MR) is 117 cm³/mol. The van der Waals surface area contributed by atoms with Crippen LogP contribution in [0.1, 0.15) is 12.5 Å². The third-order valence-electron chi connectivity index (χ3n) is 5.33. The van der Waals surface area contributed by atoms with Gasteiger partial charge in [0.2, 0.25) is 12.2 Å². The van der Waals surface area contributed by atoms with E-state index in [1.165, 1.54) is 0 Å². The summed E-state index contributed by atoms with van der Waals surface area (Å²) in [6, 6.07) is 7.68. The Labute approximate surface area is 175 Å². The van der Waals surface area contributed by atoms with Crippen LogP contribution in [0.25, 0.3) is 11.0 Å². The number of aryl methyl sites for hydroxylation is 1. The van der Waals surface area contributed by atoms with Crippen molar-refractivity contribution in [2.45, 2.75) is 19.9 Å². The number of aliphatic imine (C=N–C) groups is 1. The number of methoxy groups -OCH3 is 1. The minimum absolute atomic E-state index is 0.119. The summed E-state index contributed by atoms with van der Waals surface area (Å²) in [5.41, 5.74) is 2.79. The molecule has 30 heavy (non-hydrogen) atoms. The van der Waals surface area contributed by atoms with Crippen molar-refractivity contribution in [2.75, 3.05) is 37.0 Å². The lowest BCUT2D eigenvalue weighted by Gasteiger charge is -2.41. The maximum Gasteiger partial charge on any atom is 0.214 e. The number of ether oxygens (including phenoxy) is 1. The van der Waals surface area contributed by atoms with Gasteiger partial charge in [0, 0.05) is 43.6 Å². The van der Waals surface area contributed by atoms with Gasteiger partial charge in [0.1, 0.15) is 23.5 Å². The van der Waals surface area contributed by atoms with E-state index in [0.29, 0.717) is 12.5 Å². The zero-order valence-electron chi connectivity index (χ0n) is 17.3. The average molecular weight is 404 g/mol. The fourth-order valence-electron chi connectivity index (χ4n) is 3.84. The maximum absolute atomic E-state index is 9.23. The number of aromatic nitrogens is 3. The minimum atomic E-state index is 0.119. The van der Waals surface area contributed by atoms with Crippen molar-refractivity contribution in [3.05, 3.63) is 42.4 Å². The van der Waals surface area contributed by atoms with Crippen LogP contribution in [0.3, 0.4) is 0 Å². The zero-order chi connectivity index (χ0) is 21.1. The Morgan fingerprint density at radius 2 is 2.23 bits per heavy atom. The van der Waals surface area contributed by atoms with Gasteiger partial charge < -0.3 is 24.8 Å². The zero-order valence-corrected chi connectivity index (χ0v) is 17.3. The lowest BCUT2D eigenvalue weighted by Crippen LogP contribution is -2.56. The molecule has 1 saturated heterocycles. The Morgan fingerprint density at radius 3 is 3.00 bits per heavy atom. The Balaban J connectivity index is 1.54. The second kappa shape index (κ2) is 8.29.